The summed E-state index contributed by atoms with van der Waals surface area (Å²) in [5, 5.41) is 33.5. The molecule has 0 fully saturated rings. The van der Waals surface area contributed by atoms with Crippen LogP contribution in [-0.2, 0) is 11.3 Å². The molecule has 0 spiro atoms. The van der Waals surface area contributed by atoms with E-state index in [0.717, 1.165) is 6.42 Å². The number of nitrogens with one attached hydrogen (secondary N) is 2. The molecule has 0 radical (unpaired) electrons. The van der Waals surface area contributed by atoms with Crippen LogP contribution in [0.3, 0.4) is 0 Å². The van der Waals surface area contributed by atoms with Gasteiger partial charge in [0.25, 0.3) is 0 Å². The van der Waals surface area contributed by atoms with E-state index in [0.29, 0.717) is 12.1 Å². The lowest BCUT2D eigenvalue weighted by atomic mass is 10.1. The zero-order valence-corrected chi connectivity index (χ0v) is 10.2. The van der Waals surface area contributed by atoms with Crippen LogP contribution in [0.2, 0.25) is 0 Å². The van der Waals surface area contributed by atoms with Crippen molar-refractivity contribution in [3.63, 3.8) is 0 Å². The van der Waals surface area contributed by atoms with E-state index in [2.05, 4.69) is 10.6 Å². The number of phenolic OH excluding ortho intramolecular Hbond substituents is 3. The van der Waals surface area contributed by atoms with Crippen LogP contribution in [0, 0.1) is 0 Å². The van der Waals surface area contributed by atoms with Crippen molar-refractivity contribution in [1.82, 2.24) is 10.6 Å². The molecule has 1 aromatic carbocycles. The number of amides is 1. The Morgan fingerprint density at radius 1 is 1.22 bits per heavy atom. The molecule has 0 unspecified atom stereocenters. The van der Waals surface area contributed by atoms with E-state index in [1.807, 2.05) is 6.92 Å². The smallest absolute Gasteiger partial charge is 0.233 e. The van der Waals surface area contributed by atoms with Crippen molar-refractivity contribution in [3.05, 3.63) is 17.7 Å². The molecule has 18 heavy (non-hydrogen) atoms. The second-order valence-electron chi connectivity index (χ2n) is 3.89. The van der Waals surface area contributed by atoms with Crippen LogP contribution in [-0.4, -0.2) is 34.3 Å². The van der Waals surface area contributed by atoms with Crippen molar-refractivity contribution in [1.29, 1.82) is 0 Å². The topological polar surface area (TPSA) is 102 Å². The van der Waals surface area contributed by atoms with Gasteiger partial charge in [-0.25, -0.2) is 0 Å². The van der Waals surface area contributed by atoms with Gasteiger partial charge in [0.05, 0.1) is 6.54 Å². The van der Waals surface area contributed by atoms with Gasteiger partial charge in [0.2, 0.25) is 11.7 Å². The number of hydrogen-bond acceptors (Lipinski definition) is 5. The van der Waals surface area contributed by atoms with Crippen LogP contribution in [0.1, 0.15) is 18.9 Å². The molecule has 0 aliphatic rings. The zero-order chi connectivity index (χ0) is 13.5. The Labute approximate surface area is 105 Å². The van der Waals surface area contributed by atoms with Crippen LogP contribution in [0.15, 0.2) is 12.1 Å². The van der Waals surface area contributed by atoms with Gasteiger partial charge >= 0.3 is 0 Å². The van der Waals surface area contributed by atoms with E-state index < -0.39 is 5.75 Å². The minimum atomic E-state index is -0.551. The van der Waals surface area contributed by atoms with Gasteiger partial charge in [-0.15, -0.1) is 0 Å². The summed E-state index contributed by atoms with van der Waals surface area (Å²) < 4.78 is 0. The molecule has 6 heteroatoms. The highest BCUT2D eigenvalue weighted by Crippen LogP contribution is 2.36. The summed E-state index contributed by atoms with van der Waals surface area (Å²) in [6.07, 6.45) is 0.873. The Morgan fingerprint density at radius 3 is 2.61 bits per heavy atom. The van der Waals surface area contributed by atoms with Crippen molar-refractivity contribution in [3.8, 4) is 17.2 Å². The monoisotopic (exact) mass is 254 g/mol. The van der Waals surface area contributed by atoms with Crippen LogP contribution in [0.5, 0.6) is 17.2 Å². The highest BCUT2D eigenvalue weighted by Gasteiger charge is 2.10. The molecule has 1 amide bonds. The SMILES string of the molecule is CCCNC(=O)CNCc1ccc(O)c(O)c1O. The second-order valence-corrected chi connectivity index (χ2v) is 3.89. The van der Waals surface area contributed by atoms with Crippen LogP contribution >= 0.6 is 0 Å². The lowest BCUT2D eigenvalue weighted by Gasteiger charge is -2.09. The van der Waals surface area contributed by atoms with Crippen LogP contribution < -0.4 is 10.6 Å². The van der Waals surface area contributed by atoms with Crippen molar-refractivity contribution in [2.24, 2.45) is 0 Å². The summed E-state index contributed by atoms with van der Waals surface area (Å²) in [5.74, 6) is -1.43. The van der Waals surface area contributed by atoms with E-state index in [1.165, 1.54) is 12.1 Å². The van der Waals surface area contributed by atoms with E-state index in [1.54, 1.807) is 0 Å². The summed E-state index contributed by atoms with van der Waals surface area (Å²) in [7, 11) is 0. The second kappa shape index (κ2) is 6.70. The molecular weight excluding hydrogens is 236 g/mol. The molecule has 0 aliphatic heterocycles. The number of benzene rings is 1. The Morgan fingerprint density at radius 2 is 1.94 bits per heavy atom. The first kappa shape index (κ1) is 14.1. The number of rotatable bonds is 6. The van der Waals surface area contributed by atoms with Gasteiger partial charge in [-0.1, -0.05) is 13.0 Å². The summed E-state index contributed by atoms with van der Waals surface area (Å²) in [6, 6.07) is 2.75. The molecule has 0 atom stereocenters. The fourth-order valence-corrected chi connectivity index (χ4v) is 1.39. The third kappa shape index (κ3) is 3.81. The van der Waals surface area contributed by atoms with Gasteiger partial charge in [0.15, 0.2) is 11.5 Å². The molecule has 5 N–H and O–H groups in total. The third-order valence-corrected chi connectivity index (χ3v) is 2.39. The van der Waals surface area contributed by atoms with Gasteiger partial charge in [-0.05, 0) is 12.5 Å². The maximum absolute atomic E-state index is 11.3. The number of phenols is 3. The molecule has 0 bridgehead atoms. The molecule has 0 aromatic heterocycles. The summed E-state index contributed by atoms with van der Waals surface area (Å²) in [6.45, 7) is 2.94. The van der Waals surface area contributed by atoms with Gasteiger partial charge in [-0.3, -0.25) is 4.79 Å². The maximum Gasteiger partial charge on any atom is 0.233 e. The molecule has 1 rings (SSSR count). The van der Waals surface area contributed by atoms with Crippen molar-refractivity contribution >= 4 is 5.91 Å². The zero-order valence-electron chi connectivity index (χ0n) is 10.2. The van der Waals surface area contributed by atoms with Crippen LogP contribution in [0.4, 0.5) is 0 Å². The molecule has 0 heterocycles. The lowest BCUT2D eigenvalue weighted by molar-refractivity contribution is -0.120. The van der Waals surface area contributed by atoms with Gasteiger partial charge in [-0.2, -0.15) is 0 Å². The van der Waals surface area contributed by atoms with Crippen molar-refractivity contribution in [2.75, 3.05) is 13.1 Å². The summed E-state index contributed by atoms with van der Waals surface area (Å²) >= 11 is 0. The first-order valence-electron chi connectivity index (χ1n) is 5.76. The number of carbonyl (C=O) groups is 1. The fraction of sp³-hybridized carbons (Fsp3) is 0.417. The number of aromatic hydroxyl groups is 3. The third-order valence-electron chi connectivity index (χ3n) is 2.39. The number of carbonyl (C=O) groups excluding carboxylic acids is 1. The molecular formula is C12H18N2O4. The van der Waals surface area contributed by atoms with Crippen molar-refractivity contribution in [2.45, 2.75) is 19.9 Å². The lowest BCUT2D eigenvalue weighted by Crippen LogP contribution is -2.33. The normalized spacial score (nSPS) is 10.3. The standard InChI is InChI=1S/C12H18N2O4/c1-2-5-14-10(16)7-13-6-8-3-4-9(15)12(18)11(8)17/h3-4,13,15,17-18H,2,5-7H2,1H3,(H,14,16). The highest BCUT2D eigenvalue weighted by atomic mass is 16.3. The molecule has 0 aliphatic carbocycles. The fourth-order valence-electron chi connectivity index (χ4n) is 1.39. The first-order chi connectivity index (χ1) is 8.56. The first-order valence-corrected chi connectivity index (χ1v) is 5.76. The van der Waals surface area contributed by atoms with E-state index in [4.69, 9.17) is 5.11 Å². The summed E-state index contributed by atoms with van der Waals surface area (Å²) in [4.78, 5) is 11.3. The quantitative estimate of drug-likeness (QED) is 0.473. The number of hydrogen-bond donors (Lipinski definition) is 5. The van der Waals surface area contributed by atoms with Crippen molar-refractivity contribution < 1.29 is 20.1 Å². The summed E-state index contributed by atoms with van der Waals surface area (Å²) in [5.41, 5.74) is 0.411. The Hall–Kier alpha value is -1.95. The molecule has 0 saturated carbocycles. The van der Waals surface area contributed by atoms with E-state index in [-0.39, 0.29) is 30.5 Å². The minimum absolute atomic E-state index is 0.126. The average molecular weight is 254 g/mol. The largest absolute Gasteiger partial charge is 0.504 e. The predicted octanol–water partition coefficient (Wildman–Crippen LogP) is 0.419. The highest BCUT2D eigenvalue weighted by molar-refractivity contribution is 5.77. The minimum Gasteiger partial charge on any atom is -0.504 e. The molecule has 0 saturated heterocycles. The van der Waals surface area contributed by atoms with Gasteiger partial charge in [0, 0.05) is 18.7 Å². The molecule has 100 valence electrons. The molecule has 6 nitrogen and oxygen atoms in total. The predicted molar refractivity (Wildman–Crippen MR) is 66.4 cm³/mol. The Balaban J connectivity index is 2.45. The average Bonchev–Trinajstić information content (AvgIpc) is 2.36. The maximum atomic E-state index is 11.3. The Bertz CT molecular complexity index is 421. The van der Waals surface area contributed by atoms with Gasteiger partial charge < -0.3 is 26.0 Å². The van der Waals surface area contributed by atoms with E-state index >= 15 is 0 Å². The van der Waals surface area contributed by atoms with Crippen LogP contribution in [0.25, 0.3) is 0 Å². The Kier molecular flexibility index (Phi) is 5.26. The van der Waals surface area contributed by atoms with E-state index in [9.17, 15) is 15.0 Å². The molecule has 1 aromatic rings. The van der Waals surface area contributed by atoms with Gasteiger partial charge in [0.1, 0.15) is 0 Å².